The Bertz CT molecular complexity index is 554. The van der Waals surface area contributed by atoms with Crippen LogP contribution in [0.3, 0.4) is 0 Å². The van der Waals surface area contributed by atoms with E-state index in [4.69, 9.17) is 5.84 Å². The van der Waals surface area contributed by atoms with Crippen LogP contribution in [0.1, 0.15) is 28.3 Å². The molecule has 4 heteroatoms. The first-order valence-corrected chi connectivity index (χ1v) is 6.55. The van der Waals surface area contributed by atoms with E-state index in [1.807, 2.05) is 25.4 Å². The second-order valence-electron chi connectivity index (χ2n) is 4.40. The largest absolute Gasteiger partial charge is 0.271 e. The average molecular weight is 306 g/mol. The van der Waals surface area contributed by atoms with Crippen LogP contribution in [0.2, 0.25) is 0 Å². The first-order valence-electron chi connectivity index (χ1n) is 5.75. The summed E-state index contributed by atoms with van der Waals surface area (Å²) in [6.07, 6.45) is 3.68. The molecule has 2 aromatic rings. The minimum atomic E-state index is -0.0378. The number of hydrogen-bond acceptors (Lipinski definition) is 3. The lowest BCUT2D eigenvalue weighted by Crippen LogP contribution is -2.29. The molecule has 0 aliphatic rings. The molecule has 1 aromatic carbocycles. The van der Waals surface area contributed by atoms with Gasteiger partial charge in [-0.3, -0.25) is 10.8 Å². The van der Waals surface area contributed by atoms with E-state index in [9.17, 15) is 0 Å². The number of hydrazine groups is 1. The maximum absolute atomic E-state index is 5.69. The molecular formula is C14H16BrN3. The molecule has 0 radical (unpaired) electrons. The molecule has 0 aliphatic heterocycles. The van der Waals surface area contributed by atoms with Gasteiger partial charge in [-0.25, -0.2) is 5.43 Å². The predicted molar refractivity (Wildman–Crippen MR) is 77.0 cm³/mol. The van der Waals surface area contributed by atoms with Gasteiger partial charge in [-0.05, 0) is 42.2 Å². The van der Waals surface area contributed by atoms with Crippen molar-refractivity contribution in [3.8, 4) is 0 Å². The monoisotopic (exact) mass is 305 g/mol. The van der Waals surface area contributed by atoms with Crippen LogP contribution in [0.5, 0.6) is 0 Å². The number of pyridine rings is 1. The lowest BCUT2D eigenvalue weighted by molar-refractivity contribution is 0.633. The Hall–Kier alpha value is -1.23. The normalized spacial score (nSPS) is 12.4. The molecule has 1 unspecified atom stereocenters. The Morgan fingerprint density at radius 3 is 2.56 bits per heavy atom. The minimum absolute atomic E-state index is 0.0378. The van der Waals surface area contributed by atoms with Crippen molar-refractivity contribution in [1.82, 2.24) is 10.4 Å². The van der Waals surface area contributed by atoms with Crippen LogP contribution in [-0.4, -0.2) is 4.98 Å². The highest BCUT2D eigenvalue weighted by Gasteiger charge is 2.13. The Kier molecular flexibility index (Phi) is 4.11. The fourth-order valence-corrected chi connectivity index (χ4v) is 2.22. The van der Waals surface area contributed by atoms with Crippen molar-refractivity contribution in [3.63, 3.8) is 0 Å². The van der Waals surface area contributed by atoms with Crippen molar-refractivity contribution in [2.75, 3.05) is 0 Å². The summed E-state index contributed by atoms with van der Waals surface area (Å²) in [5.41, 5.74) is 7.37. The van der Waals surface area contributed by atoms with E-state index < -0.39 is 0 Å². The maximum atomic E-state index is 5.69. The van der Waals surface area contributed by atoms with Gasteiger partial charge in [0.15, 0.2) is 0 Å². The molecule has 3 N–H and O–H groups in total. The molecule has 1 heterocycles. The standard InChI is InChI=1S/C14H16BrN3/c1-9-5-12(8-17-7-9)14(18-16)11-3-4-13(15)10(2)6-11/h3-8,14,18H,16H2,1-2H3. The van der Waals surface area contributed by atoms with E-state index in [-0.39, 0.29) is 6.04 Å². The van der Waals surface area contributed by atoms with Gasteiger partial charge in [0.05, 0.1) is 6.04 Å². The minimum Gasteiger partial charge on any atom is -0.271 e. The van der Waals surface area contributed by atoms with E-state index in [2.05, 4.69) is 51.5 Å². The summed E-state index contributed by atoms with van der Waals surface area (Å²) in [5, 5.41) is 0. The third-order valence-electron chi connectivity index (χ3n) is 2.91. The van der Waals surface area contributed by atoms with Gasteiger partial charge < -0.3 is 0 Å². The molecule has 3 nitrogen and oxygen atoms in total. The summed E-state index contributed by atoms with van der Waals surface area (Å²) in [4.78, 5) is 4.21. The Morgan fingerprint density at radius 1 is 1.17 bits per heavy atom. The quantitative estimate of drug-likeness (QED) is 0.677. The highest BCUT2D eigenvalue weighted by Crippen LogP contribution is 2.25. The summed E-state index contributed by atoms with van der Waals surface area (Å²) in [5.74, 6) is 5.69. The number of benzene rings is 1. The molecule has 0 fully saturated rings. The second-order valence-corrected chi connectivity index (χ2v) is 5.26. The number of hydrogen-bond donors (Lipinski definition) is 2. The van der Waals surface area contributed by atoms with E-state index in [1.54, 1.807) is 0 Å². The molecule has 0 saturated heterocycles. The molecule has 0 bridgehead atoms. The van der Waals surface area contributed by atoms with Crippen molar-refractivity contribution < 1.29 is 0 Å². The second kappa shape index (κ2) is 5.61. The van der Waals surface area contributed by atoms with E-state index >= 15 is 0 Å². The third kappa shape index (κ3) is 2.77. The fraction of sp³-hybridized carbons (Fsp3) is 0.214. The van der Waals surface area contributed by atoms with Crippen LogP contribution in [0.15, 0.2) is 41.1 Å². The van der Waals surface area contributed by atoms with Crippen LogP contribution in [-0.2, 0) is 0 Å². The van der Waals surface area contributed by atoms with Crippen molar-refractivity contribution in [3.05, 3.63) is 63.4 Å². The summed E-state index contributed by atoms with van der Waals surface area (Å²) >= 11 is 3.50. The summed E-state index contributed by atoms with van der Waals surface area (Å²) in [7, 11) is 0. The summed E-state index contributed by atoms with van der Waals surface area (Å²) in [6.45, 7) is 4.09. The lowest BCUT2D eigenvalue weighted by Gasteiger charge is -2.17. The molecule has 94 valence electrons. The zero-order valence-electron chi connectivity index (χ0n) is 10.4. The van der Waals surface area contributed by atoms with Crippen LogP contribution in [0.4, 0.5) is 0 Å². The topological polar surface area (TPSA) is 50.9 Å². The van der Waals surface area contributed by atoms with Crippen molar-refractivity contribution in [1.29, 1.82) is 0 Å². The van der Waals surface area contributed by atoms with Crippen LogP contribution < -0.4 is 11.3 Å². The molecule has 1 atom stereocenters. The number of nitrogens with one attached hydrogen (secondary N) is 1. The zero-order chi connectivity index (χ0) is 13.1. The van der Waals surface area contributed by atoms with Gasteiger partial charge in [0.1, 0.15) is 0 Å². The fourth-order valence-electron chi connectivity index (χ4n) is 1.97. The van der Waals surface area contributed by atoms with Crippen LogP contribution in [0.25, 0.3) is 0 Å². The highest BCUT2D eigenvalue weighted by atomic mass is 79.9. The number of aromatic nitrogens is 1. The van der Waals surface area contributed by atoms with Gasteiger partial charge in [-0.2, -0.15) is 0 Å². The number of rotatable bonds is 3. The van der Waals surface area contributed by atoms with Gasteiger partial charge in [-0.15, -0.1) is 0 Å². The van der Waals surface area contributed by atoms with Gasteiger partial charge in [0, 0.05) is 16.9 Å². The highest BCUT2D eigenvalue weighted by molar-refractivity contribution is 9.10. The van der Waals surface area contributed by atoms with Crippen molar-refractivity contribution in [2.24, 2.45) is 5.84 Å². The Labute approximate surface area is 116 Å². The number of aryl methyl sites for hydroxylation is 2. The van der Waals surface area contributed by atoms with Gasteiger partial charge in [0.25, 0.3) is 0 Å². The average Bonchev–Trinajstić information content (AvgIpc) is 2.35. The molecule has 2 rings (SSSR count). The van der Waals surface area contributed by atoms with Crippen LogP contribution >= 0.6 is 15.9 Å². The molecule has 0 amide bonds. The first-order chi connectivity index (χ1) is 8.61. The van der Waals surface area contributed by atoms with Crippen molar-refractivity contribution in [2.45, 2.75) is 19.9 Å². The number of nitrogens with two attached hydrogens (primary N) is 1. The number of halogens is 1. The summed E-state index contributed by atoms with van der Waals surface area (Å²) in [6, 6.07) is 8.28. The number of nitrogens with zero attached hydrogens (tertiary/aromatic N) is 1. The Morgan fingerprint density at radius 2 is 1.94 bits per heavy atom. The maximum Gasteiger partial charge on any atom is 0.0725 e. The van der Waals surface area contributed by atoms with Crippen LogP contribution in [0, 0.1) is 13.8 Å². The van der Waals surface area contributed by atoms with E-state index in [0.717, 1.165) is 21.2 Å². The van der Waals surface area contributed by atoms with Crippen molar-refractivity contribution >= 4 is 15.9 Å². The van der Waals surface area contributed by atoms with E-state index in [0.29, 0.717) is 0 Å². The summed E-state index contributed by atoms with van der Waals surface area (Å²) < 4.78 is 1.10. The molecule has 1 aromatic heterocycles. The molecule has 0 saturated carbocycles. The lowest BCUT2D eigenvalue weighted by atomic mass is 9.98. The zero-order valence-corrected chi connectivity index (χ0v) is 12.0. The smallest absolute Gasteiger partial charge is 0.0725 e. The van der Waals surface area contributed by atoms with Gasteiger partial charge in [0.2, 0.25) is 0 Å². The van der Waals surface area contributed by atoms with E-state index in [1.165, 1.54) is 5.56 Å². The third-order valence-corrected chi connectivity index (χ3v) is 3.80. The molecule has 18 heavy (non-hydrogen) atoms. The first kappa shape index (κ1) is 13.2. The van der Waals surface area contributed by atoms with Gasteiger partial charge in [-0.1, -0.05) is 34.1 Å². The molecule has 0 aliphatic carbocycles. The van der Waals surface area contributed by atoms with Gasteiger partial charge >= 0.3 is 0 Å². The molecule has 0 spiro atoms. The molecular weight excluding hydrogens is 290 g/mol. The Balaban J connectivity index is 2.42. The predicted octanol–water partition coefficient (Wildman–Crippen LogP) is 3.01. The SMILES string of the molecule is Cc1cncc(C(NN)c2ccc(Br)c(C)c2)c1.